The number of nitriles is 1. The summed E-state index contributed by atoms with van der Waals surface area (Å²) in [6.07, 6.45) is 0.526. The van der Waals surface area contributed by atoms with Gasteiger partial charge in [0.1, 0.15) is 5.41 Å². The van der Waals surface area contributed by atoms with Crippen molar-refractivity contribution < 1.29 is 9.59 Å². The maximum atomic E-state index is 13.0. The van der Waals surface area contributed by atoms with Gasteiger partial charge in [-0.05, 0) is 54.7 Å². The summed E-state index contributed by atoms with van der Waals surface area (Å²) in [5.41, 5.74) is 1.12. The molecule has 0 aliphatic carbocycles. The molecule has 2 aromatic rings. The Kier molecular flexibility index (Phi) is 9.16. The molecule has 0 bridgehead atoms. The number of urea groups is 1. The van der Waals surface area contributed by atoms with Gasteiger partial charge in [0.25, 0.3) is 0 Å². The molecule has 1 aliphatic rings. The van der Waals surface area contributed by atoms with Crippen molar-refractivity contribution in [3.63, 3.8) is 0 Å². The number of imide groups is 1. The van der Waals surface area contributed by atoms with E-state index in [1.807, 2.05) is 37.3 Å². The minimum absolute atomic E-state index is 0.258. The fourth-order valence-corrected chi connectivity index (χ4v) is 4.52. The largest absolute Gasteiger partial charge is 0.326 e. The zero-order valence-corrected chi connectivity index (χ0v) is 22.2. The molecular formula is C27H33Cl2N3O2. The Labute approximate surface area is 213 Å². The highest BCUT2D eigenvalue weighted by molar-refractivity contribution is 6.30. The van der Waals surface area contributed by atoms with Crippen LogP contribution >= 0.6 is 23.2 Å². The van der Waals surface area contributed by atoms with Crippen LogP contribution in [0, 0.1) is 16.7 Å². The van der Waals surface area contributed by atoms with Gasteiger partial charge in [0.05, 0.1) is 12.1 Å². The van der Waals surface area contributed by atoms with Crippen LogP contribution in [-0.2, 0) is 10.2 Å². The second kappa shape index (κ2) is 11.3. The van der Waals surface area contributed by atoms with E-state index >= 15 is 0 Å². The lowest BCUT2D eigenvalue weighted by molar-refractivity contribution is -0.116. The number of benzene rings is 2. The SMILES string of the molecule is CC(C)(C)C.CCN(C=O)C(=O)N1CC(c2cccc(Cl)c2)[C@@](C#N)(c2ccc(Cl)cc2)C1C. The Morgan fingerprint density at radius 2 is 1.76 bits per heavy atom. The number of nitrogens with zero attached hydrogens (tertiary/aromatic N) is 3. The molecule has 7 heteroatoms. The maximum absolute atomic E-state index is 13.0. The molecule has 0 radical (unpaired) electrons. The third kappa shape index (κ3) is 6.11. The van der Waals surface area contributed by atoms with Crippen molar-refractivity contribution in [3.8, 4) is 6.07 Å². The van der Waals surface area contributed by atoms with Crippen molar-refractivity contribution in [2.75, 3.05) is 13.1 Å². The second-order valence-electron chi connectivity index (χ2n) is 10.1. The molecule has 2 aromatic carbocycles. The summed E-state index contributed by atoms with van der Waals surface area (Å²) in [5.74, 6) is -0.323. The smallest absolute Gasteiger partial charge is 0.319 e. The van der Waals surface area contributed by atoms with E-state index < -0.39 is 17.5 Å². The third-order valence-electron chi connectivity index (χ3n) is 5.77. The Morgan fingerprint density at radius 3 is 2.24 bits per heavy atom. The summed E-state index contributed by atoms with van der Waals surface area (Å²) in [6.45, 7) is 12.9. The summed E-state index contributed by atoms with van der Waals surface area (Å²) >= 11 is 12.3. The summed E-state index contributed by atoms with van der Waals surface area (Å²) in [5, 5.41) is 11.6. The fourth-order valence-electron chi connectivity index (χ4n) is 4.19. The quantitative estimate of drug-likeness (QED) is 0.428. The number of carbonyl (C=O) groups excluding carboxylic acids is 2. The number of carbonyl (C=O) groups is 2. The van der Waals surface area contributed by atoms with E-state index in [4.69, 9.17) is 23.2 Å². The van der Waals surface area contributed by atoms with Crippen LogP contribution in [0.2, 0.25) is 10.0 Å². The molecule has 0 N–H and O–H groups in total. The highest BCUT2D eigenvalue weighted by Crippen LogP contribution is 2.49. The lowest BCUT2D eigenvalue weighted by atomic mass is 9.67. The molecule has 0 saturated carbocycles. The van der Waals surface area contributed by atoms with Crippen molar-refractivity contribution >= 4 is 35.6 Å². The number of likely N-dealkylation sites (tertiary alicyclic amines) is 1. The van der Waals surface area contributed by atoms with Gasteiger partial charge in [-0.3, -0.25) is 9.69 Å². The monoisotopic (exact) mass is 501 g/mol. The van der Waals surface area contributed by atoms with Crippen molar-refractivity contribution in [3.05, 3.63) is 69.7 Å². The minimum atomic E-state index is -1.02. The molecule has 182 valence electrons. The molecule has 1 saturated heterocycles. The zero-order valence-electron chi connectivity index (χ0n) is 20.7. The third-order valence-corrected chi connectivity index (χ3v) is 6.26. The highest BCUT2D eigenvalue weighted by atomic mass is 35.5. The van der Waals surface area contributed by atoms with Crippen LogP contribution in [0.5, 0.6) is 0 Å². The van der Waals surface area contributed by atoms with E-state index in [-0.39, 0.29) is 12.5 Å². The number of rotatable bonds is 4. The first-order valence-corrected chi connectivity index (χ1v) is 12.1. The molecule has 34 heavy (non-hydrogen) atoms. The average Bonchev–Trinajstić information content (AvgIpc) is 3.07. The number of halogens is 2. The van der Waals surface area contributed by atoms with E-state index in [1.54, 1.807) is 30.0 Å². The van der Waals surface area contributed by atoms with Crippen LogP contribution in [0.15, 0.2) is 48.5 Å². The molecule has 0 aromatic heterocycles. The summed E-state index contributed by atoms with van der Waals surface area (Å²) < 4.78 is 0. The van der Waals surface area contributed by atoms with Crippen LogP contribution in [0.4, 0.5) is 4.79 Å². The first-order chi connectivity index (χ1) is 15.9. The van der Waals surface area contributed by atoms with Crippen LogP contribution in [0.3, 0.4) is 0 Å². The first-order valence-electron chi connectivity index (χ1n) is 11.3. The summed E-state index contributed by atoms with van der Waals surface area (Å²) in [7, 11) is 0. The lowest BCUT2D eigenvalue weighted by Crippen LogP contribution is -2.48. The summed E-state index contributed by atoms with van der Waals surface area (Å²) in [6, 6.07) is 16.1. The Morgan fingerprint density at radius 1 is 1.18 bits per heavy atom. The van der Waals surface area contributed by atoms with Crippen LogP contribution in [0.1, 0.15) is 58.6 Å². The van der Waals surface area contributed by atoms with E-state index in [1.165, 1.54) is 0 Å². The number of amides is 3. The van der Waals surface area contributed by atoms with Gasteiger partial charge < -0.3 is 4.90 Å². The lowest BCUT2D eigenvalue weighted by Gasteiger charge is -2.34. The molecular weight excluding hydrogens is 469 g/mol. The molecule has 1 aliphatic heterocycles. The van der Waals surface area contributed by atoms with E-state index in [0.29, 0.717) is 28.4 Å². The standard InChI is InChI=1S/C22H21Cl2N3O2.C5H12/c1-3-26(14-28)21(29)27-12-20(16-5-4-6-19(24)11-16)22(13-25,15(27)2)17-7-9-18(23)10-8-17;1-5(2,3)4/h4-11,14-15,20H,3,12H2,1-2H3;1-4H3/t15?,20?,22-;/m1./s1. The van der Waals surface area contributed by atoms with Gasteiger partial charge in [0, 0.05) is 29.1 Å². The highest BCUT2D eigenvalue weighted by Gasteiger charge is 2.56. The van der Waals surface area contributed by atoms with Gasteiger partial charge >= 0.3 is 6.03 Å². The topological polar surface area (TPSA) is 64.4 Å². The van der Waals surface area contributed by atoms with Crippen molar-refractivity contribution in [1.29, 1.82) is 5.26 Å². The van der Waals surface area contributed by atoms with Crippen molar-refractivity contribution in [2.24, 2.45) is 5.41 Å². The number of hydrogen-bond acceptors (Lipinski definition) is 3. The summed E-state index contributed by atoms with van der Waals surface area (Å²) in [4.78, 5) is 27.1. The average molecular weight is 502 g/mol. The predicted molar refractivity (Wildman–Crippen MR) is 138 cm³/mol. The normalized spacial score (nSPS) is 21.8. The van der Waals surface area contributed by atoms with Crippen LogP contribution in [0.25, 0.3) is 0 Å². The first kappa shape index (κ1) is 27.7. The van der Waals surface area contributed by atoms with Crippen LogP contribution < -0.4 is 0 Å². The fraction of sp³-hybridized carbons (Fsp3) is 0.444. The maximum Gasteiger partial charge on any atom is 0.326 e. The predicted octanol–water partition coefficient (Wildman–Crippen LogP) is 6.89. The molecule has 3 rings (SSSR count). The minimum Gasteiger partial charge on any atom is -0.319 e. The Bertz CT molecular complexity index is 1040. The van der Waals surface area contributed by atoms with Gasteiger partial charge in [0.2, 0.25) is 6.41 Å². The molecule has 1 heterocycles. The molecule has 5 nitrogen and oxygen atoms in total. The van der Waals surface area contributed by atoms with Gasteiger partial charge in [-0.1, -0.05) is 75.2 Å². The zero-order chi connectivity index (χ0) is 25.7. The van der Waals surface area contributed by atoms with Crippen molar-refractivity contribution in [1.82, 2.24) is 9.80 Å². The van der Waals surface area contributed by atoms with E-state index in [0.717, 1.165) is 16.0 Å². The Hall–Kier alpha value is -2.55. The van der Waals surface area contributed by atoms with Gasteiger partial charge in [0.15, 0.2) is 0 Å². The molecule has 3 atom stereocenters. The number of hydrogen-bond donors (Lipinski definition) is 0. The second-order valence-corrected chi connectivity index (χ2v) is 11.0. The van der Waals surface area contributed by atoms with Crippen molar-refractivity contribution in [2.45, 2.75) is 58.9 Å². The van der Waals surface area contributed by atoms with E-state index in [2.05, 4.69) is 33.8 Å². The molecule has 3 amide bonds. The van der Waals surface area contributed by atoms with Crippen LogP contribution in [-0.4, -0.2) is 41.4 Å². The Balaban J connectivity index is 0.000000739. The molecule has 2 unspecified atom stereocenters. The molecule has 1 fully saturated rings. The van der Waals surface area contributed by atoms with E-state index in [9.17, 15) is 14.9 Å². The van der Waals surface area contributed by atoms with Gasteiger partial charge in [-0.25, -0.2) is 4.79 Å². The van der Waals surface area contributed by atoms with Gasteiger partial charge in [-0.15, -0.1) is 0 Å². The van der Waals surface area contributed by atoms with Gasteiger partial charge in [-0.2, -0.15) is 5.26 Å². The molecule has 0 spiro atoms.